The average Bonchev–Trinajstić information content (AvgIpc) is 2.49. The number of fused-ring (bicyclic) bond motifs is 1. The molecule has 0 radical (unpaired) electrons. The monoisotopic (exact) mass is 317 g/mol. The molecule has 1 aliphatic heterocycles. The highest BCUT2D eigenvalue weighted by atomic mass is 35.5. The van der Waals surface area contributed by atoms with Crippen LogP contribution in [-0.2, 0) is 4.79 Å². The molecule has 2 heterocycles. The summed E-state index contributed by atoms with van der Waals surface area (Å²) in [6.45, 7) is 1.67. The van der Waals surface area contributed by atoms with Crippen LogP contribution in [0.5, 0.6) is 5.75 Å². The van der Waals surface area contributed by atoms with E-state index in [4.69, 9.17) is 16.3 Å². The van der Waals surface area contributed by atoms with E-state index in [0.29, 0.717) is 27.8 Å². The van der Waals surface area contributed by atoms with Crippen molar-refractivity contribution >= 4 is 34.8 Å². The molecule has 1 aromatic carbocycles. The van der Waals surface area contributed by atoms with Crippen LogP contribution < -0.4 is 15.4 Å². The van der Waals surface area contributed by atoms with Gasteiger partial charge in [0.05, 0.1) is 11.3 Å². The van der Waals surface area contributed by atoms with Crippen LogP contribution in [0.15, 0.2) is 36.5 Å². The normalized spacial score (nSPS) is 16.3. The molecule has 2 N–H and O–H groups in total. The first kappa shape index (κ1) is 14.3. The molecule has 2 aromatic rings. The summed E-state index contributed by atoms with van der Waals surface area (Å²) < 4.78 is 5.45. The second-order valence-electron chi connectivity index (χ2n) is 4.78. The molecule has 0 bridgehead atoms. The number of rotatable bonds is 2. The maximum absolute atomic E-state index is 12.1. The molecular weight excluding hydrogens is 306 g/mol. The first-order valence-electron chi connectivity index (χ1n) is 6.57. The summed E-state index contributed by atoms with van der Waals surface area (Å²) in [5, 5.41) is 5.77. The van der Waals surface area contributed by atoms with Crippen molar-refractivity contribution in [3.05, 3.63) is 47.2 Å². The maximum atomic E-state index is 12.1. The molecule has 112 valence electrons. The van der Waals surface area contributed by atoms with Crippen LogP contribution >= 0.6 is 11.6 Å². The number of halogens is 1. The quantitative estimate of drug-likeness (QED) is 0.835. The van der Waals surface area contributed by atoms with Crippen LogP contribution in [0, 0.1) is 0 Å². The van der Waals surface area contributed by atoms with Crippen LogP contribution in [0.2, 0.25) is 5.15 Å². The smallest absolute Gasteiger partial charge is 0.265 e. The van der Waals surface area contributed by atoms with Gasteiger partial charge in [-0.3, -0.25) is 9.59 Å². The van der Waals surface area contributed by atoms with Crippen molar-refractivity contribution in [3.8, 4) is 5.75 Å². The predicted octanol–water partition coefficient (Wildman–Crippen LogP) is 2.71. The summed E-state index contributed by atoms with van der Waals surface area (Å²) in [6, 6.07) is 8.15. The summed E-state index contributed by atoms with van der Waals surface area (Å²) in [5.74, 6) is 0.0247. The lowest BCUT2D eigenvalue weighted by atomic mass is 10.2. The van der Waals surface area contributed by atoms with Crippen molar-refractivity contribution in [1.29, 1.82) is 0 Å². The van der Waals surface area contributed by atoms with Crippen molar-refractivity contribution in [2.75, 3.05) is 10.6 Å². The first-order valence-corrected chi connectivity index (χ1v) is 6.95. The first-order chi connectivity index (χ1) is 10.5. The van der Waals surface area contributed by atoms with Crippen LogP contribution in [0.3, 0.4) is 0 Å². The summed E-state index contributed by atoms with van der Waals surface area (Å²) >= 11 is 5.68. The number of amides is 2. The van der Waals surface area contributed by atoms with Gasteiger partial charge in [0.2, 0.25) is 0 Å². The van der Waals surface area contributed by atoms with Crippen LogP contribution in [0.25, 0.3) is 0 Å². The number of hydrogen-bond acceptors (Lipinski definition) is 4. The Morgan fingerprint density at radius 1 is 1.36 bits per heavy atom. The van der Waals surface area contributed by atoms with Gasteiger partial charge in [-0.25, -0.2) is 4.98 Å². The second kappa shape index (κ2) is 5.65. The van der Waals surface area contributed by atoms with Gasteiger partial charge in [0.15, 0.2) is 6.10 Å². The number of aromatic nitrogens is 1. The third-order valence-corrected chi connectivity index (χ3v) is 3.38. The molecule has 0 saturated heterocycles. The van der Waals surface area contributed by atoms with E-state index in [-0.39, 0.29) is 11.8 Å². The summed E-state index contributed by atoms with van der Waals surface area (Å²) in [5.41, 5.74) is 1.45. The fourth-order valence-electron chi connectivity index (χ4n) is 2.00. The van der Waals surface area contributed by atoms with Crippen molar-refractivity contribution in [1.82, 2.24) is 4.98 Å². The van der Waals surface area contributed by atoms with E-state index in [0.717, 1.165) is 0 Å². The largest absolute Gasteiger partial charge is 0.479 e. The zero-order valence-electron chi connectivity index (χ0n) is 11.6. The van der Waals surface area contributed by atoms with E-state index < -0.39 is 6.10 Å². The molecule has 1 atom stereocenters. The number of ether oxygens (including phenoxy) is 1. The molecule has 3 rings (SSSR count). The Balaban J connectivity index is 1.79. The molecule has 0 saturated carbocycles. The number of benzene rings is 1. The predicted molar refractivity (Wildman–Crippen MR) is 82.4 cm³/mol. The molecule has 0 aliphatic carbocycles. The highest BCUT2D eigenvalue weighted by Gasteiger charge is 2.23. The van der Waals surface area contributed by atoms with E-state index in [9.17, 15) is 9.59 Å². The zero-order valence-corrected chi connectivity index (χ0v) is 12.3. The third-order valence-electron chi connectivity index (χ3n) is 3.16. The Bertz CT molecular complexity index is 746. The van der Waals surface area contributed by atoms with E-state index in [1.54, 1.807) is 37.3 Å². The van der Waals surface area contributed by atoms with Gasteiger partial charge in [0, 0.05) is 11.9 Å². The van der Waals surface area contributed by atoms with Gasteiger partial charge in [-0.15, -0.1) is 0 Å². The lowest BCUT2D eigenvalue weighted by Crippen LogP contribution is -2.34. The minimum Gasteiger partial charge on any atom is -0.479 e. The summed E-state index contributed by atoms with van der Waals surface area (Å²) in [4.78, 5) is 27.6. The third kappa shape index (κ3) is 2.87. The SMILES string of the molecule is CC1Oc2ccc(NC(=O)c3ccc(Cl)nc3)cc2NC1=O. The van der Waals surface area contributed by atoms with Crippen molar-refractivity contribution in [2.45, 2.75) is 13.0 Å². The lowest BCUT2D eigenvalue weighted by molar-refractivity contribution is -0.122. The Morgan fingerprint density at radius 3 is 2.91 bits per heavy atom. The molecule has 6 nitrogen and oxygen atoms in total. The molecular formula is C15H12ClN3O3. The van der Waals surface area contributed by atoms with Crippen LogP contribution in [0.4, 0.5) is 11.4 Å². The van der Waals surface area contributed by atoms with Gasteiger partial charge in [-0.2, -0.15) is 0 Å². The molecule has 7 heteroatoms. The number of hydrogen-bond donors (Lipinski definition) is 2. The molecule has 1 aliphatic rings. The zero-order chi connectivity index (χ0) is 15.7. The standard InChI is InChI=1S/C15H12ClN3O3/c1-8-14(20)19-11-6-10(3-4-12(11)22-8)18-15(21)9-2-5-13(16)17-7-9/h2-8H,1H3,(H,18,21)(H,19,20). The second-order valence-corrected chi connectivity index (χ2v) is 5.17. The van der Waals surface area contributed by atoms with Crippen molar-refractivity contribution < 1.29 is 14.3 Å². The van der Waals surface area contributed by atoms with Crippen LogP contribution in [0.1, 0.15) is 17.3 Å². The number of carbonyl (C=O) groups excluding carboxylic acids is 2. The van der Waals surface area contributed by atoms with E-state index in [2.05, 4.69) is 15.6 Å². The highest BCUT2D eigenvalue weighted by Crippen LogP contribution is 2.32. The summed E-state index contributed by atoms with van der Waals surface area (Å²) in [6.07, 6.45) is 0.857. The Kier molecular flexibility index (Phi) is 3.68. The molecule has 2 amide bonds. The molecule has 0 fully saturated rings. The van der Waals surface area contributed by atoms with Gasteiger partial charge in [-0.05, 0) is 37.3 Å². The van der Waals surface area contributed by atoms with Gasteiger partial charge in [-0.1, -0.05) is 11.6 Å². The topological polar surface area (TPSA) is 80.3 Å². The number of pyridine rings is 1. The molecule has 0 spiro atoms. The summed E-state index contributed by atoms with van der Waals surface area (Å²) in [7, 11) is 0. The Hall–Kier alpha value is -2.60. The minimum atomic E-state index is -0.534. The molecule has 1 aromatic heterocycles. The Morgan fingerprint density at radius 2 is 2.18 bits per heavy atom. The number of anilines is 2. The molecule has 22 heavy (non-hydrogen) atoms. The number of nitrogens with one attached hydrogen (secondary N) is 2. The maximum Gasteiger partial charge on any atom is 0.265 e. The van der Waals surface area contributed by atoms with Crippen molar-refractivity contribution in [2.24, 2.45) is 0 Å². The van der Waals surface area contributed by atoms with Gasteiger partial charge in [0.1, 0.15) is 10.9 Å². The van der Waals surface area contributed by atoms with E-state index in [1.165, 1.54) is 6.20 Å². The Labute approximate surface area is 131 Å². The van der Waals surface area contributed by atoms with Gasteiger partial charge >= 0.3 is 0 Å². The van der Waals surface area contributed by atoms with E-state index >= 15 is 0 Å². The lowest BCUT2D eigenvalue weighted by Gasteiger charge is -2.23. The molecule has 1 unspecified atom stereocenters. The fourth-order valence-corrected chi connectivity index (χ4v) is 2.11. The number of carbonyl (C=O) groups is 2. The van der Waals surface area contributed by atoms with Gasteiger partial charge in [0.25, 0.3) is 11.8 Å². The number of nitrogens with zero attached hydrogens (tertiary/aromatic N) is 1. The van der Waals surface area contributed by atoms with Crippen LogP contribution in [-0.4, -0.2) is 22.9 Å². The average molecular weight is 318 g/mol. The van der Waals surface area contributed by atoms with E-state index in [1.807, 2.05) is 0 Å². The fraction of sp³-hybridized carbons (Fsp3) is 0.133. The minimum absolute atomic E-state index is 0.224. The van der Waals surface area contributed by atoms with Crippen molar-refractivity contribution in [3.63, 3.8) is 0 Å². The van der Waals surface area contributed by atoms with Gasteiger partial charge < -0.3 is 15.4 Å². The highest BCUT2D eigenvalue weighted by molar-refractivity contribution is 6.29.